The third-order valence-electron chi connectivity index (χ3n) is 5.62. The largest absolute Gasteiger partial charge is 0.358 e. The minimum Gasteiger partial charge on any atom is -0.358 e. The van der Waals surface area contributed by atoms with E-state index in [1.807, 2.05) is 44.4 Å². The smallest absolute Gasteiger partial charge is 0.251 e. The van der Waals surface area contributed by atoms with E-state index in [1.165, 1.54) is 35.0 Å². The number of rotatable bonds is 5. The van der Waals surface area contributed by atoms with Gasteiger partial charge >= 0.3 is 0 Å². The number of H-pyrrole nitrogens is 1. The number of hydrogen-bond donors (Lipinski definition) is 2. The fourth-order valence-electron chi connectivity index (χ4n) is 4.11. The summed E-state index contributed by atoms with van der Waals surface area (Å²) in [6.45, 7) is 0.582. The first-order valence-corrected chi connectivity index (χ1v) is 9.76. The third kappa shape index (κ3) is 3.62. The number of amides is 1. The van der Waals surface area contributed by atoms with E-state index in [-0.39, 0.29) is 11.9 Å². The summed E-state index contributed by atoms with van der Waals surface area (Å²) in [5.41, 5.74) is 5.85. The van der Waals surface area contributed by atoms with Crippen LogP contribution in [0.15, 0.2) is 48.5 Å². The molecule has 0 unspecified atom stereocenters. The van der Waals surface area contributed by atoms with Crippen LogP contribution in [0.3, 0.4) is 0 Å². The van der Waals surface area contributed by atoms with Crippen molar-refractivity contribution in [3.05, 3.63) is 70.9 Å². The van der Waals surface area contributed by atoms with Gasteiger partial charge in [-0.1, -0.05) is 30.3 Å². The minimum atomic E-state index is -0.00885. The Morgan fingerprint density at radius 2 is 1.89 bits per heavy atom. The van der Waals surface area contributed by atoms with Gasteiger partial charge in [-0.05, 0) is 69.1 Å². The van der Waals surface area contributed by atoms with Gasteiger partial charge in [-0.3, -0.25) is 4.79 Å². The molecule has 140 valence electrons. The second-order valence-corrected chi connectivity index (χ2v) is 7.65. The summed E-state index contributed by atoms with van der Waals surface area (Å²) in [5.74, 6) is -0.00885. The molecule has 0 saturated carbocycles. The maximum atomic E-state index is 12.8. The van der Waals surface area contributed by atoms with Crippen LogP contribution in [-0.4, -0.2) is 36.4 Å². The molecule has 4 nitrogen and oxygen atoms in total. The fraction of sp³-hybridized carbons (Fsp3) is 0.348. The van der Waals surface area contributed by atoms with Gasteiger partial charge in [0.15, 0.2) is 0 Å². The van der Waals surface area contributed by atoms with E-state index in [0.29, 0.717) is 6.54 Å². The van der Waals surface area contributed by atoms with Gasteiger partial charge in [0.05, 0.1) is 6.04 Å². The highest BCUT2D eigenvalue weighted by Crippen LogP contribution is 2.29. The highest BCUT2D eigenvalue weighted by molar-refractivity contribution is 5.99. The summed E-state index contributed by atoms with van der Waals surface area (Å²) in [6, 6.07) is 16.5. The molecule has 3 aromatic rings. The summed E-state index contributed by atoms with van der Waals surface area (Å²) < 4.78 is 0. The molecule has 2 N–H and O–H groups in total. The average Bonchev–Trinajstić information content (AvgIpc) is 3.06. The summed E-state index contributed by atoms with van der Waals surface area (Å²) in [5, 5.41) is 4.34. The summed E-state index contributed by atoms with van der Waals surface area (Å²) in [6.07, 6.45) is 4.71. The maximum absolute atomic E-state index is 12.8. The van der Waals surface area contributed by atoms with Crippen molar-refractivity contribution in [3.63, 3.8) is 0 Å². The lowest BCUT2D eigenvalue weighted by Gasteiger charge is -2.25. The number of hydrogen-bond acceptors (Lipinski definition) is 2. The summed E-state index contributed by atoms with van der Waals surface area (Å²) >= 11 is 0. The second-order valence-electron chi connectivity index (χ2n) is 7.65. The van der Waals surface area contributed by atoms with E-state index in [0.717, 1.165) is 23.9 Å². The highest BCUT2D eigenvalue weighted by Gasteiger charge is 2.18. The molecule has 0 aliphatic heterocycles. The van der Waals surface area contributed by atoms with E-state index in [1.54, 1.807) is 0 Å². The Hall–Kier alpha value is -2.59. The first-order chi connectivity index (χ1) is 13.1. The quantitative estimate of drug-likeness (QED) is 0.719. The minimum absolute atomic E-state index is 0.00885. The molecule has 4 heteroatoms. The van der Waals surface area contributed by atoms with Crippen molar-refractivity contribution in [1.82, 2.24) is 15.2 Å². The molecule has 1 atom stereocenters. The van der Waals surface area contributed by atoms with Crippen molar-refractivity contribution in [2.45, 2.75) is 31.7 Å². The monoisotopic (exact) mass is 361 g/mol. The molecule has 4 rings (SSSR count). The van der Waals surface area contributed by atoms with Crippen molar-refractivity contribution in [2.24, 2.45) is 0 Å². The number of nitrogens with zero attached hydrogens (tertiary/aromatic N) is 1. The lowest BCUT2D eigenvalue weighted by Crippen LogP contribution is -2.34. The second kappa shape index (κ2) is 7.57. The number of nitrogens with one attached hydrogen (secondary N) is 2. The van der Waals surface area contributed by atoms with Crippen molar-refractivity contribution >= 4 is 16.8 Å². The van der Waals surface area contributed by atoms with E-state index in [9.17, 15) is 4.79 Å². The van der Waals surface area contributed by atoms with Crippen LogP contribution in [0.5, 0.6) is 0 Å². The Morgan fingerprint density at radius 1 is 1.11 bits per heavy atom. The zero-order valence-corrected chi connectivity index (χ0v) is 16.1. The maximum Gasteiger partial charge on any atom is 0.251 e. The number of benzene rings is 2. The molecule has 1 amide bonds. The number of aromatic amines is 1. The molecule has 0 saturated heterocycles. The van der Waals surface area contributed by atoms with Crippen LogP contribution in [0.4, 0.5) is 0 Å². The highest BCUT2D eigenvalue weighted by atomic mass is 16.1. The van der Waals surface area contributed by atoms with Gasteiger partial charge in [-0.2, -0.15) is 0 Å². The van der Waals surface area contributed by atoms with Crippen LogP contribution in [0.2, 0.25) is 0 Å². The fourth-order valence-corrected chi connectivity index (χ4v) is 4.11. The van der Waals surface area contributed by atoms with Crippen LogP contribution >= 0.6 is 0 Å². The van der Waals surface area contributed by atoms with Crippen molar-refractivity contribution in [2.75, 3.05) is 20.6 Å². The lowest BCUT2D eigenvalue weighted by atomic mass is 9.95. The SMILES string of the molecule is CN(C)[C@@H](CNC(=O)c1ccc2[nH]c3c(c2c1)CCCC3)c1ccccc1. The van der Waals surface area contributed by atoms with Crippen LogP contribution in [0, 0.1) is 0 Å². The molecule has 2 aromatic carbocycles. The Bertz CT molecular complexity index is 943. The molecular weight excluding hydrogens is 334 g/mol. The van der Waals surface area contributed by atoms with E-state index in [2.05, 4.69) is 33.4 Å². The van der Waals surface area contributed by atoms with Gasteiger partial charge < -0.3 is 15.2 Å². The van der Waals surface area contributed by atoms with Gasteiger partial charge in [-0.15, -0.1) is 0 Å². The van der Waals surface area contributed by atoms with Crippen molar-refractivity contribution in [1.29, 1.82) is 0 Å². The number of aryl methyl sites for hydroxylation is 2. The normalized spacial score (nSPS) is 14.9. The van der Waals surface area contributed by atoms with Gasteiger partial charge in [-0.25, -0.2) is 0 Å². The molecule has 1 aliphatic carbocycles. The Kier molecular flexibility index (Phi) is 4.99. The van der Waals surface area contributed by atoms with E-state index < -0.39 is 0 Å². The molecule has 1 aromatic heterocycles. The van der Waals surface area contributed by atoms with Gasteiger partial charge in [0.25, 0.3) is 5.91 Å². The molecule has 1 aliphatic rings. The van der Waals surface area contributed by atoms with Crippen molar-refractivity contribution < 1.29 is 4.79 Å². The van der Waals surface area contributed by atoms with Crippen molar-refractivity contribution in [3.8, 4) is 0 Å². The molecule has 0 bridgehead atoms. The van der Waals surface area contributed by atoms with Crippen LogP contribution in [-0.2, 0) is 12.8 Å². The lowest BCUT2D eigenvalue weighted by molar-refractivity contribution is 0.0942. The average molecular weight is 361 g/mol. The predicted molar refractivity (Wildman–Crippen MR) is 110 cm³/mol. The molecule has 27 heavy (non-hydrogen) atoms. The van der Waals surface area contributed by atoms with Gasteiger partial charge in [0.2, 0.25) is 0 Å². The van der Waals surface area contributed by atoms with Crippen LogP contribution in [0.1, 0.15) is 46.1 Å². The zero-order chi connectivity index (χ0) is 18.8. The standard InChI is InChI=1S/C23H27N3O/c1-26(2)22(16-8-4-3-5-9-16)15-24-23(27)17-12-13-21-19(14-17)18-10-6-7-11-20(18)25-21/h3-5,8-9,12-14,22,25H,6-7,10-11,15H2,1-2H3,(H,24,27)/t22-/m0/s1. The van der Waals surface area contributed by atoms with Gasteiger partial charge in [0.1, 0.15) is 0 Å². The van der Waals surface area contributed by atoms with Gasteiger partial charge in [0, 0.05) is 28.7 Å². The summed E-state index contributed by atoms with van der Waals surface area (Å²) in [4.78, 5) is 18.5. The van der Waals surface area contributed by atoms with Crippen LogP contribution < -0.4 is 5.32 Å². The third-order valence-corrected chi connectivity index (χ3v) is 5.62. The Labute approximate surface area is 160 Å². The number of carbonyl (C=O) groups is 1. The van der Waals surface area contributed by atoms with Crippen LogP contribution in [0.25, 0.3) is 10.9 Å². The Morgan fingerprint density at radius 3 is 2.67 bits per heavy atom. The molecular formula is C23H27N3O. The number of carbonyl (C=O) groups excluding carboxylic acids is 1. The topological polar surface area (TPSA) is 48.1 Å². The molecule has 0 radical (unpaired) electrons. The van der Waals surface area contributed by atoms with E-state index in [4.69, 9.17) is 0 Å². The predicted octanol–water partition coefficient (Wildman–Crippen LogP) is 4.08. The number of fused-ring (bicyclic) bond motifs is 3. The molecule has 0 spiro atoms. The first kappa shape index (κ1) is 17.8. The first-order valence-electron chi connectivity index (χ1n) is 9.76. The van der Waals surface area contributed by atoms with E-state index >= 15 is 0 Å². The molecule has 0 fully saturated rings. The number of likely N-dealkylation sites (N-methyl/N-ethyl adjacent to an activating group) is 1. The zero-order valence-electron chi connectivity index (χ0n) is 16.1. The number of aromatic nitrogens is 1. The molecule has 1 heterocycles. The summed E-state index contributed by atoms with van der Waals surface area (Å²) in [7, 11) is 4.09. The Balaban J connectivity index is 1.52.